The molecule has 0 aliphatic carbocycles. The standard InChI is InChI=1S/C27H24ClFN6O3/c1-33-8-9-35(27(33)38)23-3-2-16(10-22(23)28)20-12-18(29)13-21(26(20)37)17-4-5-32-25(11-17)34-7-6-31-19(15-34)14-24(30)36/h2-5,8-13,15,31,37H,6-7,14H2,1H3,(H2,30,36). The van der Waals surface area contributed by atoms with E-state index in [0.29, 0.717) is 41.4 Å². The summed E-state index contributed by atoms with van der Waals surface area (Å²) in [5.74, 6) is -0.559. The molecule has 11 heteroatoms. The summed E-state index contributed by atoms with van der Waals surface area (Å²) in [5.41, 5.74) is 7.75. The SMILES string of the molecule is Cn1ccn(-c2ccc(-c3cc(F)cc(-c4ccnc(N5C=C(CC(N)=O)NCC5)c4)c3O)cc2Cl)c1=O. The minimum absolute atomic E-state index is 0.0739. The average Bonchev–Trinajstić information content (AvgIpc) is 3.22. The lowest BCUT2D eigenvalue weighted by molar-refractivity contribution is -0.117. The van der Waals surface area contributed by atoms with E-state index in [0.717, 1.165) is 0 Å². The van der Waals surface area contributed by atoms with Gasteiger partial charge in [-0.3, -0.25) is 9.36 Å². The molecule has 0 bridgehead atoms. The molecule has 1 aliphatic rings. The van der Waals surface area contributed by atoms with Crippen LogP contribution in [0.1, 0.15) is 6.42 Å². The zero-order valence-corrected chi connectivity index (χ0v) is 21.1. The van der Waals surface area contributed by atoms with Gasteiger partial charge in [0.25, 0.3) is 0 Å². The van der Waals surface area contributed by atoms with Crippen LogP contribution in [-0.2, 0) is 11.8 Å². The van der Waals surface area contributed by atoms with Crippen LogP contribution in [0.25, 0.3) is 27.9 Å². The molecule has 0 saturated heterocycles. The van der Waals surface area contributed by atoms with E-state index in [2.05, 4.69) is 10.3 Å². The molecule has 0 radical (unpaired) electrons. The summed E-state index contributed by atoms with van der Waals surface area (Å²) >= 11 is 6.50. The van der Waals surface area contributed by atoms with Crippen LogP contribution in [0, 0.1) is 5.82 Å². The van der Waals surface area contributed by atoms with Crippen LogP contribution in [-0.4, -0.2) is 38.2 Å². The second kappa shape index (κ2) is 10.1. The normalized spacial score (nSPS) is 13.2. The van der Waals surface area contributed by atoms with Crippen molar-refractivity contribution < 1.29 is 14.3 Å². The summed E-state index contributed by atoms with van der Waals surface area (Å²) in [4.78, 5) is 29.9. The summed E-state index contributed by atoms with van der Waals surface area (Å²) in [7, 11) is 1.64. The van der Waals surface area contributed by atoms with Gasteiger partial charge in [-0.1, -0.05) is 17.7 Å². The smallest absolute Gasteiger partial charge is 0.332 e. The minimum atomic E-state index is -0.545. The predicted molar refractivity (Wildman–Crippen MR) is 144 cm³/mol. The summed E-state index contributed by atoms with van der Waals surface area (Å²) in [6, 6.07) is 10.8. The number of anilines is 1. The molecule has 1 amide bonds. The molecule has 3 heterocycles. The number of phenolic OH excluding ortho intramolecular Hbond substituents is 1. The van der Waals surface area contributed by atoms with Crippen molar-refractivity contribution in [1.82, 2.24) is 19.4 Å². The number of aryl methyl sites for hydroxylation is 1. The summed E-state index contributed by atoms with van der Waals surface area (Å²) in [6.45, 7) is 1.18. The van der Waals surface area contributed by atoms with Crippen LogP contribution < -0.4 is 21.6 Å². The number of carbonyl (C=O) groups is 1. The molecular weight excluding hydrogens is 511 g/mol. The molecule has 1 aliphatic heterocycles. The van der Waals surface area contributed by atoms with Gasteiger partial charge < -0.3 is 25.6 Å². The Hall–Kier alpha value is -4.57. The number of halogens is 2. The summed E-state index contributed by atoms with van der Waals surface area (Å²) in [6.07, 6.45) is 6.63. The van der Waals surface area contributed by atoms with Gasteiger partial charge in [-0.25, -0.2) is 14.2 Å². The van der Waals surface area contributed by atoms with E-state index in [-0.39, 0.29) is 34.0 Å². The topological polar surface area (TPSA) is 118 Å². The molecule has 0 atom stereocenters. The number of benzene rings is 2. The zero-order chi connectivity index (χ0) is 27.0. The molecule has 4 N–H and O–H groups in total. The number of nitrogens with two attached hydrogens (primary N) is 1. The molecule has 38 heavy (non-hydrogen) atoms. The maximum absolute atomic E-state index is 14.8. The molecule has 4 aromatic rings. The zero-order valence-electron chi connectivity index (χ0n) is 20.4. The fourth-order valence-corrected chi connectivity index (χ4v) is 4.68. The van der Waals surface area contributed by atoms with Gasteiger partial charge in [-0.2, -0.15) is 0 Å². The Morgan fingerprint density at radius 3 is 2.55 bits per heavy atom. The van der Waals surface area contributed by atoms with Gasteiger partial charge in [0.2, 0.25) is 5.91 Å². The molecule has 0 spiro atoms. The second-order valence-corrected chi connectivity index (χ2v) is 9.30. The maximum atomic E-state index is 14.8. The number of hydrogen-bond donors (Lipinski definition) is 3. The molecule has 194 valence electrons. The quantitative estimate of drug-likeness (QED) is 0.348. The molecule has 0 fully saturated rings. The van der Waals surface area contributed by atoms with Gasteiger partial charge in [0, 0.05) is 61.8 Å². The number of carbonyl (C=O) groups excluding carboxylic acids is 1. The number of aromatic hydroxyl groups is 1. The van der Waals surface area contributed by atoms with Crippen molar-refractivity contribution in [3.05, 3.63) is 94.3 Å². The van der Waals surface area contributed by atoms with E-state index < -0.39 is 11.7 Å². The van der Waals surface area contributed by atoms with E-state index in [4.69, 9.17) is 17.3 Å². The van der Waals surface area contributed by atoms with Gasteiger partial charge in [-0.15, -0.1) is 0 Å². The van der Waals surface area contributed by atoms with E-state index in [1.54, 1.807) is 62.2 Å². The number of phenols is 1. The number of nitrogens with zero attached hydrogens (tertiary/aromatic N) is 4. The van der Waals surface area contributed by atoms with Crippen LogP contribution in [0.5, 0.6) is 5.75 Å². The van der Waals surface area contributed by atoms with Crippen molar-refractivity contribution in [2.24, 2.45) is 12.8 Å². The van der Waals surface area contributed by atoms with Crippen molar-refractivity contribution in [3.8, 4) is 33.7 Å². The Morgan fingerprint density at radius 1 is 1.16 bits per heavy atom. The molecule has 5 rings (SSSR count). The third-order valence-corrected chi connectivity index (χ3v) is 6.57. The van der Waals surface area contributed by atoms with Crippen LogP contribution >= 0.6 is 11.6 Å². The van der Waals surface area contributed by atoms with Gasteiger partial charge in [0.15, 0.2) is 0 Å². The van der Waals surface area contributed by atoms with Crippen LogP contribution in [0.4, 0.5) is 10.2 Å². The van der Waals surface area contributed by atoms with Crippen LogP contribution in [0.15, 0.2) is 77.7 Å². The number of pyridine rings is 1. The number of primary amides is 1. The first kappa shape index (κ1) is 25.1. The lowest BCUT2D eigenvalue weighted by atomic mass is 9.97. The number of aromatic nitrogens is 3. The number of nitrogens with one attached hydrogen (secondary N) is 1. The molecule has 0 saturated carbocycles. The van der Waals surface area contributed by atoms with Crippen molar-refractivity contribution in [2.45, 2.75) is 6.42 Å². The van der Waals surface area contributed by atoms with Crippen LogP contribution in [0.2, 0.25) is 5.02 Å². The Labute approximate surface area is 222 Å². The minimum Gasteiger partial charge on any atom is -0.507 e. The Kier molecular flexibility index (Phi) is 6.64. The highest BCUT2D eigenvalue weighted by atomic mass is 35.5. The largest absolute Gasteiger partial charge is 0.507 e. The predicted octanol–water partition coefficient (Wildman–Crippen LogP) is 3.53. The number of rotatable bonds is 6. The van der Waals surface area contributed by atoms with E-state index in [1.807, 2.05) is 4.90 Å². The lowest BCUT2D eigenvalue weighted by Gasteiger charge is -2.27. The molecule has 9 nitrogen and oxygen atoms in total. The van der Waals surface area contributed by atoms with Gasteiger partial charge in [-0.05, 0) is 47.5 Å². The molecular formula is C27H24ClFN6O3. The summed E-state index contributed by atoms with van der Waals surface area (Å²) in [5, 5.41) is 14.6. The van der Waals surface area contributed by atoms with Crippen molar-refractivity contribution >= 4 is 23.3 Å². The molecule has 2 aromatic heterocycles. The van der Waals surface area contributed by atoms with E-state index in [9.17, 15) is 19.1 Å². The molecule has 0 unspecified atom stereocenters. The summed E-state index contributed by atoms with van der Waals surface area (Å²) < 4.78 is 17.7. The molecule has 2 aromatic carbocycles. The first-order chi connectivity index (χ1) is 18.2. The van der Waals surface area contributed by atoms with E-state index >= 15 is 0 Å². The van der Waals surface area contributed by atoms with Gasteiger partial charge in [0.1, 0.15) is 17.4 Å². The average molecular weight is 535 g/mol. The Bertz CT molecular complexity index is 1640. The Morgan fingerprint density at radius 2 is 1.89 bits per heavy atom. The lowest BCUT2D eigenvalue weighted by Crippen LogP contribution is -2.36. The Balaban J connectivity index is 1.52. The van der Waals surface area contributed by atoms with E-state index in [1.165, 1.54) is 21.3 Å². The highest BCUT2D eigenvalue weighted by Crippen LogP contribution is 2.41. The first-order valence-electron chi connectivity index (χ1n) is 11.7. The first-order valence-corrected chi connectivity index (χ1v) is 12.1. The highest BCUT2D eigenvalue weighted by Gasteiger charge is 2.18. The van der Waals surface area contributed by atoms with Crippen molar-refractivity contribution in [1.29, 1.82) is 0 Å². The number of imidazole rings is 1. The second-order valence-electron chi connectivity index (χ2n) is 8.90. The third kappa shape index (κ3) is 4.85. The fourth-order valence-electron chi connectivity index (χ4n) is 4.41. The number of amides is 1. The van der Waals surface area contributed by atoms with Crippen LogP contribution in [0.3, 0.4) is 0 Å². The van der Waals surface area contributed by atoms with Gasteiger partial charge in [0.05, 0.1) is 17.1 Å². The fraction of sp³-hybridized carbons (Fsp3) is 0.148. The van der Waals surface area contributed by atoms with Gasteiger partial charge >= 0.3 is 5.69 Å². The maximum Gasteiger partial charge on any atom is 0.332 e. The van der Waals surface area contributed by atoms with Crippen molar-refractivity contribution in [2.75, 3.05) is 18.0 Å². The highest BCUT2D eigenvalue weighted by molar-refractivity contribution is 6.32. The number of hydrogen-bond acceptors (Lipinski definition) is 6. The third-order valence-electron chi connectivity index (χ3n) is 6.27. The monoisotopic (exact) mass is 534 g/mol. The van der Waals surface area contributed by atoms with Crippen molar-refractivity contribution in [3.63, 3.8) is 0 Å².